The second-order valence-corrected chi connectivity index (χ2v) is 11.4. The monoisotopic (exact) mass is 406 g/mol. The molecule has 0 aromatic rings. The maximum Gasteiger partial charge on any atom is 0.413 e. The first-order valence-electron chi connectivity index (χ1n) is 10.3. The fourth-order valence-electron chi connectivity index (χ4n) is 6.57. The predicted octanol–water partition coefficient (Wildman–Crippen LogP) is 4.65. The summed E-state index contributed by atoms with van der Waals surface area (Å²) < 4.78 is 4.96. The molecule has 0 aromatic heterocycles. The molecule has 2 unspecified atom stereocenters. The van der Waals surface area contributed by atoms with Gasteiger partial charge >= 0.3 is 6.09 Å². The van der Waals surface area contributed by atoms with Crippen LogP contribution in [0.2, 0.25) is 0 Å². The molecule has 2 N–H and O–H groups in total. The fraction of sp³-hybridized carbons (Fsp3) is 0.773. The minimum absolute atomic E-state index is 0.00167. The van der Waals surface area contributed by atoms with E-state index in [1.807, 2.05) is 0 Å². The lowest BCUT2D eigenvalue weighted by Crippen LogP contribution is -2.64. The summed E-state index contributed by atoms with van der Waals surface area (Å²) in [5.74, 6) is 0.234. The molecule has 5 nitrogen and oxygen atoms in total. The van der Waals surface area contributed by atoms with Crippen molar-refractivity contribution in [3.8, 4) is 0 Å². The number of alkyl carbamates (subject to hydrolysis) is 1. The van der Waals surface area contributed by atoms with Gasteiger partial charge in [-0.2, -0.15) is 0 Å². The fourth-order valence-corrected chi connectivity index (χ4v) is 6.85. The summed E-state index contributed by atoms with van der Waals surface area (Å²) in [5.41, 5.74) is 1.89. The van der Waals surface area contributed by atoms with E-state index in [0.717, 1.165) is 37.7 Å². The van der Waals surface area contributed by atoms with E-state index in [2.05, 4.69) is 45.3 Å². The molecule has 0 aromatic carbocycles. The number of carbonyl (C=O) groups is 2. The standard InChI is InChI=1S/C22H34N2O3S/c1-7-27-18(26)23-17(28)24-22-12-20(4,5)11-21(6,13-22)9-14-8-19(2,3)10-15(25)16(14)22/h7-13H2,1-6H3,(H2,23,24,26,28). The number of carbonyl (C=O) groups excluding carboxylic acids is 2. The summed E-state index contributed by atoms with van der Waals surface area (Å²) in [4.78, 5) is 25.2. The maximum absolute atomic E-state index is 13.3. The SMILES string of the molecule is CCOC(=O)NC(=S)NC12CC(C)(C)CC(C)(CC3=C1C(=O)CC(C)(C)C3)C2. The van der Waals surface area contributed by atoms with E-state index < -0.39 is 11.6 Å². The van der Waals surface area contributed by atoms with Crippen molar-refractivity contribution < 1.29 is 14.3 Å². The van der Waals surface area contributed by atoms with Crippen LogP contribution in [-0.4, -0.2) is 29.1 Å². The van der Waals surface area contributed by atoms with E-state index in [0.29, 0.717) is 6.42 Å². The smallest absolute Gasteiger partial charge is 0.413 e. The number of thiocarbonyl (C=S) groups is 1. The first-order valence-corrected chi connectivity index (χ1v) is 10.7. The zero-order valence-electron chi connectivity index (χ0n) is 18.1. The summed E-state index contributed by atoms with van der Waals surface area (Å²) in [6.45, 7) is 13.3. The highest BCUT2D eigenvalue weighted by molar-refractivity contribution is 7.80. The number of ketones is 1. The molecule has 1 amide bonds. The lowest BCUT2D eigenvalue weighted by molar-refractivity contribution is -0.120. The summed E-state index contributed by atoms with van der Waals surface area (Å²) in [6, 6.07) is 0. The first kappa shape index (κ1) is 21.3. The van der Waals surface area contributed by atoms with Crippen LogP contribution in [0.15, 0.2) is 11.1 Å². The number of rotatable bonds is 2. The molecule has 0 heterocycles. The molecule has 3 aliphatic rings. The topological polar surface area (TPSA) is 67.4 Å². The first-order chi connectivity index (χ1) is 12.8. The predicted molar refractivity (Wildman–Crippen MR) is 114 cm³/mol. The van der Waals surface area contributed by atoms with Gasteiger partial charge in [-0.05, 0) is 67.5 Å². The lowest BCUT2D eigenvalue weighted by Gasteiger charge is -2.59. The molecular weight excluding hydrogens is 372 g/mol. The number of Topliss-reactive ketones (excluding diaryl/α,β-unsaturated/α-hetero) is 1. The summed E-state index contributed by atoms with van der Waals surface area (Å²) in [7, 11) is 0. The molecule has 1 fully saturated rings. The number of ether oxygens (including phenoxy) is 1. The highest BCUT2D eigenvalue weighted by Crippen LogP contribution is 2.61. The van der Waals surface area contributed by atoms with Crippen LogP contribution in [-0.2, 0) is 9.53 Å². The molecule has 2 bridgehead atoms. The van der Waals surface area contributed by atoms with E-state index in [1.165, 1.54) is 5.57 Å². The Hall–Kier alpha value is -1.43. The molecule has 0 saturated heterocycles. The van der Waals surface area contributed by atoms with Gasteiger partial charge in [0.1, 0.15) is 0 Å². The molecule has 1 saturated carbocycles. The Morgan fingerprint density at radius 3 is 2.36 bits per heavy atom. The van der Waals surface area contributed by atoms with Crippen LogP contribution < -0.4 is 10.6 Å². The van der Waals surface area contributed by atoms with Crippen LogP contribution in [0, 0.1) is 16.2 Å². The van der Waals surface area contributed by atoms with Gasteiger partial charge in [-0.15, -0.1) is 0 Å². The quantitative estimate of drug-likeness (QED) is 0.653. The Kier molecular flexibility index (Phi) is 5.19. The maximum atomic E-state index is 13.3. The van der Waals surface area contributed by atoms with Crippen molar-refractivity contribution in [2.24, 2.45) is 16.2 Å². The third-order valence-corrected chi connectivity index (χ3v) is 6.54. The third kappa shape index (κ3) is 4.12. The van der Waals surface area contributed by atoms with Gasteiger partial charge in [-0.25, -0.2) is 4.79 Å². The second kappa shape index (κ2) is 6.82. The van der Waals surface area contributed by atoms with Gasteiger partial charge in [-0.1, -0.05) is 40.2 Å². The van der Waals surface area contributed by atoms with Crippen LogP contribution in [0.25, 0.3) is 0 Å². The Balaban J connectivity index is 2.01. The van der Waals surface area contributed by atoms with Gasteiger partial charge in [0.25, 0.3) is 0 Å². The second-order valence-electron chi connectivity index (χ2n) is 11.0. The van der Waals surface area contributed by atoms with E-state index in [4.69, 9.17) is 17.0 Å². The minimum atomic E-state index is -0.560. The molecule has 3 aliphatic carbocycles. The summed E-state index contributed by atoms with van der Waals surface area (Å²) >= 11 is 5.46. The average molecular weight is 407 g/mol. The molecule has 156 valence electrons. The van der Waals surface area contributed by atoms with Crippen molar-refractivity contribution in [3.05, 3.63) is 11.1 Å². The number of hydrogen-bond donors (Lipinski definition) is 2. The molecule has 2 atom stereocenters. The van der Waals surface area contributed by atoms with Crippen molar-refractivity contribution in [1.82, 2.24) is 10.6 Å². The molecule has 3 rings (SSSR count). The highest BCUT2D eigenvalue weighted by atomic mass is 32.1. The van der Waals surface area contributed by atoms with Crippen molar-refractivity contribution in [2.75, 3.05) is 6.61 Å². The van der Waals surface area contributed by atoms with Crippen LogP contribution in [0.1, 0.15) is 80.1 Å². The van der Waals surface area contributed by atoms with E-state index in [1.54, 1.807) is 6.92 Å². The molecule has 0 radical (unpaired) electrons. The summed E-state index contributed by atoms with van der Waals surface area (Å²) in [6.07, 6.45) is 4.73. The third-order valence-electron chi connectivity index (χ3n) is 6.34. The molecule has 0 spiro atoms. The van der Waals surface area contributed by atoms with E-state index in [-0.39, 0.29) is 33.7 Å². The molecule has 6 heteroatoms. The summed E-state index contributed by atoms with van der Waals surface area (Å²) in [5, 5.41) is 6.29. The lowest BCUT2D eigenvalue weighted by atomic mass is 9.48. The average Bonchev–Trinajstić information content (AvgIpc) is 2.40. The van der Waals surface area contributed by atoms with Gasteiger partial charge in [-0.3, -0.25) is 10.1 Å². The molecule has 0 aliphatic heterocycles. The Labute approximate surface area is 174 Å². The van der Waals surface area contributed by atoms with Gasteiger partial charge in [0.05, 0.1) is 12.1 Å². The van der Waals surface area contributed by atoms with Gasteiger partial charge in [0.2, 0.25) is 0 Å². The number of nitrogens with one attached hydrogen (secondary N) is 2. The normalized spacial score (nSPS) is 33.0. The van der Waals surface area contributed by atoms with Gasteiger partial charge in [0, 0.05) is 12.0 Å². The van der Waals surface area contributed by atoms with Crippen molar-refractivity contribution in [1.29, 1.82) is 0 Å². The zero-order chi connectivity index (χ0) is 21.0. The molecular formula is C22H34N2O3S. The number of hydrogen-bond acceptors (Lipinski definition) is 4. The largest absolute Gasteiger partial charge is 0.450 e. The van der Waals surface area contributed by atoms with Gasteiger partial charge < -0.3 is 10.1 Å². The number of amides is 1. The Bertz CT molecular complexity index is 755. The Morgan fingerprint density at radius 1 is 1.04 bits per heavy atom. The minimum Gasteiger partial charge on any atom is -0.450 e. The highest BCUT2D eigenvalue weighted by Gasteiger charge is 2.58. The Morgan fingerprint density at radius 2 is 1.71 bits per heavy atom. The molecule has 28 heavy (non-hydrogen) atoms. The number of allylic oxidation sites excluding steroid dienone is 1. The van der Waals surface area contributed by atoms with Crippen molar-refractivity contribution >= 4 is 29.2 Å². The number of fused-ring (bicyclic) bond motifs is 3. The van der Waals surface area contributed by atoms with Crippen LogP contribution >= 0.6 is 12.2 Å². The van der Waals surface area contributed by atoms with Crippen LogP contribution in [0.5, 0.6) is 0 Å². The van der Waals surface area contributed by atoms with Crippen molar-refractivity contribution in [3.63, 3.8) is 0 Å². The van der Waals surface area contributed by atoms with E-state index >= 15 is 0 Å². The van der Waals surface area contributed by atoms with Crippen LogP contribution in [0.4, 0.5) is 4.79 Å². The van der Waals surface area contributed by atoms with E-state index in [9.17, 15) is 9.59 Å². The van der Waals surface area contributed by atoms with Crippen molar-refractivity contribution in [2.45, 2.75) is 85.6 Å². The van der Waals surface area contributed by atoms with Crippen LogP contribution in [0.3, 0.4) is 0 Å². The van der Waals surface area contributed by atoms with Gasteiger partial charge in [0.15, 0.2) is 10.9 Å². The zero-order valence-corrected chi connectivity index (χ0v) is 18.9.